The molecule has 1 aromatic heterocycles. The molecule has 1 aromatic carbocycles. The van der Waals surface area contributed by atoms with Gasteiger partial charge in [0, 0.05) is 18.4 Å². The Kier molecular flexibility index (Phi) is 6.20. The maximum atomic E-state index is 12.8. The zero-order valence-corrected chi connectivity index (χ0v) is 15.9. The first-order valence-electron chi connectivity index (χ1n) is 8.89. The number of carboxylic acids is 1. The second kappa shape index (κ2) is 8.20. The van der Waals surface area contributed by atoms with E-state index in [2.05, 4.69) is 10.4 Å². The summed E-state index contributed by atoms with van der Waals surface area (Å²) in [6.45, 7) is 5.96. The first-order chi connectivity index (χ1) is 12.6. The summed E-state index contributed by atoms with van der Waals surface area (Å²) >= 11 is 0. The molecular formula is C19H26N4O4. The smallest absolute Gasteiger partial charge is 0.303 e. The van der Waals surface area contributed by atoms with Gasteiger partial charge in [0.05, 0.1) is 5.52 Å². The number of aliphatic carboxylic acids is 1. The number of nitrogens with two attached hydrogens (primary N) is 1. The number of carbonyl (C=O) groups excluding carboxylic acids is 2. The lowest BCUT2D eigenvalue weighted by atomic mass is 9.86. The van der Waals surface area contributed by atoms with Crippen LogP contribution >= 0.6 is 0 Å². The molecule has 8 nitrogen and oxygen atoms in total. The summed E-state index contributed by atoms with van der Waals surface area (Å²) in [6, 6.07) is 6.48. The zero-order chi connectivity index (χ0) is 20.2. The molecule has 0 spiro atoms. The van der Waals surface area contributed by atoms with Gasteiger partial charge in [-0.15, -0.1) is 0 Å². The van der Waals surface area contributed by atoms with Gasteiger partial charge in [0.25, 0.3) is 5.91 Å². The number of amides is 2. The van der Waals surface area contributed by atoms with Crippen molar-refractivity contribution in [3.63, 3.8) is 0 Å². The summed E-state index contributed by atoms with van der Waals surface area (Å²) in [6.07, 6.45) is 1.25. The Morgan fingerprint density at radius 1 is 1.22 bits per heavy atom. The topological polar surface area (TPSA) is 127 Å². The molecule has 0 saturated carbocycles. The minimum Gasteiger partial charge on any atom is -0.481 e. The monoisotopic (exact) mass is 374 g/mol. The number of benzene rings is 1. The van der Waals surface area contributed by atoms with Crippen molar-refractivity contribution >= 4 is 28.7 Å². The maximum Gasteiger partial charge on any atom is 0.303 e. The van der Waals surface area contributed by atoms with E-state index in [9.17, 15) is 14.4 Å². The fourth-order valence-corrected chi connectivity index (χ4v) is 2.92. The van der Waals surface area contributed by atoms with E-state index >= 15 is 0 Å². The first kappa shape index (κ1) is 20.4. The molecule has 0 aliphatic carbocycles. The van der Waals surface area contributed by atoms with E-state index in [1.54, 1.807) is 10.7 Å². The number of rotatable bonds is 8. The van der Waals surface area contributed by atoms with E-state index in [-0.39, 0.29) is 12.1 Å². The number of aryl methyl sites for hydroxylation is 1. The Bertz CT molecular complexity index is 851. The molecule has 146 valence electrons. The van der Waals surface area contributed by atoms with E-state index in [0.29, 0.717) is 24.8 Å². The van der Waals surface area contributed by atoms with Crippen molar-refractivity contribution in [2.24, 2.45) is 11.1 Å². The largest absolute Gasteiger partial charge is 0.481 e. The Labute approximate surface area is 157 Å². The van der Waals surface area contributed by atoms with Crippen LogP contribution in [0.5, 0.6) is 0 Å². The number of nitrogens with zero attached hydrogens (tertiary/aromatic N) is 2. The maximum absolute atomic E-state index is 12.8. The third kappa shape index (κ3) is 5.06. The summed E-state index contributed by atoms with van der Waals surface area (Å²) in [5.74, 6) is -1.90. The molecule has 1 heterocycles. The highest BCUT2D eigenvalue weighted by Gasteiger charge is 2.32. The molecule has 1 atom stereocenters. The highest BCUT2D eigenvalue weighted by molar-refractivity contribution is 6.06. The van der Waals surface area contributed by atoms with Gasteiger partial charge >= 0.3 is 5.97 Å². The number of fused-ring (bicyclic) bond motifs is 1. The summed E-state index contributed by atoms with van der Waals surface area (Å²) < 4.78 is 1.70. The Balaban J connectivity index is 2.26. The van der Waals surface area contributed by atoms with Gasteiger partial charge < -0.3 is 16.2 Å². The molecule has 2 rings (SSSR count). The number of unbranched alkanes of at least 4 members (excludes halogenated alkanes) is 1. The van der Waals surface area contributed by atoms with Crippen LogP contribution in [0.1, 0.15) is 50.5 Å². The second-order valence-corrected chi connectivity index (χ2v) is 7.61. The molecule has 2 amide bonds. The van der Waals surface area contributed by atoms with Gasteiger partial charge in [-0.1, -0.05) is 39.0 Å². The standard InChI is InChI=1S/C19H26N4O4/c1-19(2,3)16(17(20)26)21-18(27)15-12-8-4-5-9-13(12)23(22-15)11-7-6-10-14(24)25/h4-5,8-9,16H,6-7,10-11H2,1-3H3,(H2,20,26)(H,21,27)(H,24,25). The summed E-state index contributed by atoms with van der Waals surface area (Å²) in [4.78, 5) is 35.2. The summed E-state index contributed by atoms with van der Waals surface area (Å²) in [7, 11) is 0. The predicted octanol–water partition coefficient (Wildman–Crippen LogP) is 1.92. The van der Waals surface area contributed by atoms with Crippen molar-refractivity contribution in [3.05, 3.63) is 30.0 Å². The molecule has 0 aliphatic rings. The average Bonchev–Trinajstić information content (AvgIpc) is 2.94. The fourth-order valence-electron chi connectivity index (χ4n) is 2.92. The predicted molar refractivity (Wildman–Crippen MR) is 101 cm³/mol. The SMILES string of the molecule is CC(C)(C)C(NC(=O)c1nn(CCCCC(=O)O)c2ccccc12)C(N)=O. The van der Waals surface area contributed by atoms with Crippen LogP contribution in [0, 0.1) is 5.41 Å². The van der Waals surface area contributed by atoms with Gasteiger partial charge in [0.1, 0.15) is 6.04 Å². The number of primary amides is 1. The van der Waals surface area contributed by atoms with Gasteiger partial charge in [-0.2, -0.15) is 5.10 Å². The second-order valence-electron chi connectivity index (χ2n) is 7.61. The van der Waals surface area contributed by atoms with Crippen molar-refractivity contribution < 1.29 is 19.5 Å². The molecule has 2 aromatic rings. The van der Waals surface area contributed by atoms with Crippen molar-refractivity contribution in [1.82, 2.24) is 15.1 Å². The van der Waals surface area contributed by atoms with Gasteiger partial charge in [0.2, 0.25) is 5.91 Å². The lowest BCUT2D eigenvalue weighted by Gasteiger charge is -2.28. The number of para-hydroxylation sites is 1. The van der Waals surface area contributed by atoms with Crippen molar-refractivity contribution in [2.45, 2.75) is 52.6 Å². The van der Waals surface area contributed by atoms with Gasteiger partial charge in [-0.25, -0.2) is 0 Å². The van der Waals surface area contributed by atoms with Crippen LogP contribution in [0.3, 0.4) is 0 Å². The van der Waals surface area contributed by atoms with E-state index in [4.69, 9.17) is 10.8 Å². The third-order valence-electron chi connectivity index (χ3n) is 4.31. The van der Waals surface area contributed by atoms with E-state index in [1.165, 1.54) is 0 Å². The molecule has 1 unspecified atom stereocenters. The Hall–Kier alpha value is -2.90. The summed E-state index contributed by atoms with van der Waals surface area (Å²) in [5.41, 5.74) is 5.92. The Morgan fingerprint density at radius 2 is 1.89 bits per heavy atom. The fraction of sp³-hybridized carbons (Fsp3) is 0.474. The van der Waals surface area contributed by atoms with Crippen LogP contribution in [0.4, 0.5) is 0 Å². The zero-order valence-electron chi connectivity index (χ0n) is 15.9. The molecule has 0 saturated heterocycles. The number of nitrogens with one attached hydrogen (secondary N) is 1. The van der Waals surface area contributed by atoms with Crippen molar-refractivity contribution in [2.75, 3.05) is 0 Å². The molecule has 0 aliphatic heterocycles. The molecule has 0 radical (unpaired) electrons. The molecule has 0 fully saturated rings. The number of carbonyl (C=O) groups is 3. The molecule has 4 N–H and O–H groups in total. The number of hydrogen-bond donors (Lipinski definition) is 3. The van der Waals surface area contributed by atoms with Gasteiger partial charge in [-0.05, 0) is 24.3 Å². The van der Waals surface area contributed by atoms with Crippen LogP contribution < -0.4 is 11.1 Å². The highest BCUT2D eigenvalue weighted by atomic mass is 16.4. The normalized spacial score (nSPS) is 12.7. The van der Waals surface area contributed by atoms with Crippen LogP contribution in [0.25, 0.3) is 10.9 Å². The average molecular weight is 374 g/mol. The van der Waals surface area contributed by atoms with Crippen LogP contribution in [0.15, 0.2) is 24.3 Å². The van der Waals surface area contributed by atoms with Crippen LogP contribution in [-0.4, -0.2) is 38.7 Å². The number of hydrogen-bond acceptors (Lipinski definition) is 4. The lowest BCUT2D eigenvalue weighted by Crippen LogP contribution is -2.52. The van der Waals surface area contributed by atoms with E-state index in [0.717, 1.165) is 5.52 Å². The highest BCUT2D eigenvalue weighted by Crippen LogP contribution is 2.22. The third-order valence-corrected chi connectivity index (χ3v) is 4.31. The van der Waals surface area contributed by atoms with E-state index < -0.39 is 29.2 Å². The first-order valence-corrected chi connectivity index (χ1v) is 8.89. The van der Waals surface area contributed by atoms with Gasteiger partial charge in [0.15, 0.2) is 5.69 Å². The Morgan fingerprint density at radius 3 is 2.48 bits per heavy atom. The van der Waals surface area contributed by atoms with E-state index in [1.807, 2.05) is 39.0 Å². The minimum atomic E-state index is -0.833. The molecular weight excluding hydrogens is 348 g/mol. The quantitative estimate of drug-likeness (QED) is 0.608. The molecule has 8 heteroatoms. The minimum absolute atomic E-state index is 0.0957. The van der Waals surface area contributed by atoms with Crippen molar-refractivity contribution in [1.29, 1.82) is 0 Å². The number of aromatic nitrogens is 2. The molecule has 27 heavy (non-hydrogen) atoms. The van der Waals surface area contributed by atoms with Crippen LogP contribution in [0.2, 0.25) is 0 Å². The van der Waals surface area contributed by atoms with Gasteiger partial charge in [-0.3, -0.25) is 19.1 Å². The van der Waals surface area contributed by atoms with Crippen molar-refractivity contribution in [3.8, 4) is 0 Å². The molecule has 0 bridgehead atoms. The summed E-state index contributed by atoms with van der Waals surface area (Å²) in [5, 5.41) is 16.5. The lowest BCUT2D eigenvalue weighted by molar-refractivity contribution is -0.137. The van der Waals surface area contributed by atoms with Crippen LogP contribution in [-0.2, 0) is 16.1 Å². The number of carboxylic acid groups (broad SMARTS) is 1.